The van der Waals surface area contributed by atoms with Gasteiger partial charge in [-0.1, -0.05) is 67.7 Å². The van der Waals surface area contributed by atoms with Crippen LogP contribution in [0.2, 0.25) is 0 Å². The predicted molar refractivity (Wildman–Crippen MR) is 335 cm³/mol. The predicted octanol–water partition coefficient (Wildman–Crippen LogP) is 10.3. The van der Waals surface area contributed by atoms with Gasteiger partial charge in [0.05, 0.1) is 90.9 Å². The molecule has 10 rings (SSSR count). The Labute approximate surface area is 564 Å². The molecule has 4 radical (unpaired) electrons. The summed E-state index contributed by atoms with van der Waals surface area (Å²) in [5.41, 5.74) is 37.1. The van der Waals surface area contributed by atoms with Gasteiger partial charge in [-0.15, -0.1) is 0 Å². The summed E-state index contributed by atoms with van der Waals surface area (Å²) in [5.74, 6) is 12.6. The van der Waals surface area contributed by atoms with Gasteiger partial charge in [-0.05, 0) is 105 Å². The Kier molecular flexibility index (Phi) is 39.1. The molecule has 448 valence electrons. The van der Waals surface area contributed by atoms with E-state index in [4.69, 9.17) is 22.9 Å². The molecule has 4 heterocycles. The van der Waals surface area contributed by atoms with Gasteiger partial charge in [0.25, 0.3) is 0 Å². The van der Waals surface area contributed by atoms with E-state index in [1.807, 2.05) is 96.9 Å². The molecule has 0 bridgehead atoms. The monoisotopic (exact) mass is 1420 g/mol. The summed E-state index contributed by atoms with van der Waals surface area (Å²) in [6, 6.07) is 43.9. The number of fused-ring (bicyclic) bond motifs is 4. The maximum absolute atomic E-state index is 10.6. The van der Waals surface area contributed by atoms with E-state index in [-0.39, 0.29) is 116 Å². The average Bonchev–Trinajstić information content (AvgIpc) is 1.95. The summed E-state index contributed by atoms with van der Waals surface area (Å²) >= 11 is 0. The SMILES string of the molecule is C.COC([NH-])=O.COC([NH-])=O.COC([NH-])=O.COC([NH-])=O.O=[C-]Pc1ncc(-c2ccc3cc(C#Cc4ccc5nc(P[C-]=O)[nH]c5c4)ccc3c2)[nH]1.O=[C-]Pc1ncc(C#Cc2ccc3cc(-c4ccc5nc(P[C-]=O)[nH]c5c4)ccc3c2)[nH]1.[V+2].[V+2].[V+2].[V+2]. The normalized spacial score (nSPS) is 9.75. The minimum absolute atomic E-state index is 0. The van der Waals surface area contributed by atoms with Crippen LogP contribution in [0.15, 0.2) is 122 Å². The minimum Gasteiger partial charge on any atom is -0.632 e. The van der Waals surface area contributed by atoms with Gasteiger partial charge in [0.2, 0.25) is 24.4 Å². The van der Waals surface area contributed by atoms with Gasteiger partial charge in [0.1, 0.15) is 5.69 Å². The van der Waals surface area contributed by atoms with Gasteiger partial charge < -0.3 is 81.0 Å². The van der Waals surface area contributed by atoms with Crippen molar-refractivity contribution >= 4 is 149 Å². The summed E-state index contributed by atoms with van der Waals surface area (Å²) in [6.07, 6.45) is -0.625. The van der Waals surface area contributed by atoms with Crippen LogP contribution in [-0.4, -0.2) is 117 Å². The van der Waals surface area contributed by atoms with Gasteiger partial charge in [0, 0.05) is 22.3 Å². The molecule has 0 aliphatic rings. The van der Waals surface area contributed by atoms with E-state index < -0.39 is 24.4 Å². The number of imidazole rings is 4. The molecule has 4 amide bonds. The van der Waals surface area contributed by atoms with E-state index in [2.05, 4.69) is 119 Å². The van der Waals surface area contributed by atoms with Crippen LogP contribution in [0.25, 0.3) is 88.9 Å². The van der Waals surface area contributed by atoms with Gasteiger partial charge in [-0.3, -0.25) is 19.2 Å². The first kappa shape index (κ1) is 81.1. The Morgan fingerprint density at radius 1 is 0.416 bits per heavy atom. The summed E-state index contributed by atoms with van der Waals surface area (Å²) in [7, 11) is 4.25. The number of carbonyl (C=O) groups is 4. The van der Waals surface area contributed by atoms with Crippen molar-refractivity contribution in [1.29, 1.82) is 0 Å². The second kappa shape index (κ2) is 42.9. The number of hydrogen-bond acceptors (Lipinski definition) is 16. The van der Waals surface area contributed by atoms with Gasteiger partial charge >= 0.3 is 74.2 Å². The second-order valence-electron chi connectivity index (χ2n) is 15.9. The van der Waals surface area contributed by atoms with Crippen molar-refractivity contribution in [3.63, 3.8) is 0 Å². The van der Waals surface area contributed by atoms with Crippen molar-refractivity contribution < 1.29 is 132 Å². The number of hydrogen-bond donors (Lipinski definition) is 4. The number of aromatic amines is 4. The zero-order chi connectivity index (χ0) is 61.0. The third-order valence-corrected chi connectivity index (χ3v) is 12.9. The minimum atomic E-state index is -0.995. The number of aromatic nitrogens is 8. The average molecular weight is 1420 g/mol. The Bertz CT molecular complexity index is 4070. The van der Waals surface area contributed by atoms with Crippen molar-refractivity contribution in [2.45, 2.75) is 7.43 Å². The molecule has 0 saturated heterocycles. The van der Waals surface area contributed by atoms with E-state index in [0.717, 1.165) is 111 Å². The van der Waals surface area contributed by atoms with Crippen LogP contribution in [-0.2, 0) is 112 Å². The molecule has 6 aromatic carbocycles. The summed E-state index contributed by atoms with van der Waals surface area (Å²) in [6.45, 7) is 0. The number of amides is 4. The first-order valence-electron chi connectivity index (χ1n) is 23.4. The molecule has 24 nitrogen and oxygen atoms in total. The first-order valence-corrected chi connectivity index (χ1v) is 27.4. The fourth-order valence-corrected chi connectivity index (χ4v) is 8.63. The second-order valence-corrected chi connectivity index (χ2v) is 19.6. The molecule has 89 heavy (non-hydrogen) atoms. The molecule has 4 unspecified atom stereocenters. The van der Waals surface area contributed by atoms with E-state index in [9.17, 15) is 38.4 Å². The Balaban J connectivity index is 0.00000128. The molecular weight excluding hydrogens is 1370 g/mol. The molecule has 4 aromatic heterocycles. The fourth-order valence-electron chi connectivity index (χ4n) is 6.85. The smallest absolute Gasteiger partial charge is 0.632 e. The van der Waals surface area contributed by atoms with Crippen molar-refractivity contribution in [3.05, 3.63) is 167 Å². The molecule has 10 aromatic rings. The number of nitrogens with zero attached hydrogens (tertiary/aromatic N) is 4. The Morgan fingerprint density at radius 3 is 1.22 bits per heavy atom. The maximum atomic E-state index is 10.6. The molecule has 0 spiro atoms. The van der Waals surface area contributed by atoms with E-state index in [1.54, 1.807) is 12.4 Å². The van der Waals surface area contributed by atoms with Crippen LogP contribution >= 0.6 is 34.3 Å². The van der Waals surface area contributed by atoms with Crippen LogP contribution in [0, 0.1) is 23.7 Å². The maximum Gasteiger partial charge on any atom is 2.00 e. The molecule has 0 aliphatic carbocycles. The standard InChI is InChI=1S/2C24H14N4O2P2.4C2H5NO2.CH4.4V/c29-13-31-23-25-12-20(26-23)7-2-15-1-3-17-10-18(5-4-16(17)9-15)19-6-8-21-22(11-19)28-24(27-21)32-14-30;29-13-31-23-25-12-22(28-23)19-7-6-17-9-15(3-5-18(17)11-19)1-2-16-4-8-20-21(10-16)27-24(26-20)32-14-30;4*1-5-2(3)4;;;;;/h1,3-6,8-12,31-32H,(H,25,26)(H,27,28);3-12,31-32H,(H,25,28)(H,26,27);4*1H3,(H2,3,4);1H4;;;;/q2*-2;;;;;;4*+2/p-4. The number of rotatable bonds is 10. The number of ether oxygens (including phenoxy) is 4. The molecule has 32 heteroatoms. The fraction of sp³-hybridized carbons (Fsp3) is 0.0877. The molecule has 4 atom stereocenters. The van der Waals surface area contributed by atoms with Crippen LogP contribution in [0.5, 0.6) is 0 Å². The third-order valence-electron chi connectivity index (χ3n) is 10.6. The third kappa shape index (κ3) is 27.2. The van der Waals surface area contributed by atoms with Gasteiger partial charge in [-0.25, -0.2) is 44.0 Å². The van der Waals surface area contributed by atoms with Gasteiger partial charge in [-0.2, -0.15) is 34.3 Å². The number of H-pyrrole nitrogens is 4. The van der Waals surface area contributed by atoms with E-state index in [1.165, 1.54) is 0 Å². The van der Waals surface area contributed by atoms with Crippen molar-refractivity contribution in [1.82, 2.24) is 39.9 Å². The van der Waals surface area contributed by atoms with Crippen molar-refractivity contribution in [3.8, 4) is 46.1 Å². The Hall–Kier alpha value is -7.86. The quantitative estimate of drug-likeness (QED) is 0.0428. The van der Waals surface area contributed by atoms with Crippen molar-refractivity contribution in [2.75, 3.05) is 28.4 Å². The number of carbonyl (C=O) groups excluding carboxylic acids is 8. The van der Waals surface area contributed by atoms with E-state index in [0.29, 0.717) is 28.0 Å². The zero-order valence-corrected chi connectivity index (χ0v) is 55.6. The molecule has 0 aliphatic heterocycles. The summed E-state index contributed by atoms with van der Waals surface area (Å²) in [5, 5.41) is 4.38. The molecule has 0 saturated carbocycles. The molecular formula is C57H48N12O12P4V4. The van der Waals surface area contributed by atoms with Gasteiger partial charge in [0.15, 0.2) is 0 Å². The van der Waals surface area contributed by atoms with Crippen molar-refractivity contribution in [2.24, 2.45) is 0 Å². The van der Waals surface area contributed by atoms with Crippen LogP contribution < -0.4 is 22.3 Å². The number of nitrogens with one attached hydrogen (secondary N) is 8. The largest absolute Gasteiger partial charge is 2.00 e. The number of benzene rings is 6. The number of methoxy groups -OCH3 is 4. The van der Waals surface area contributed by atoms with Crippen LogP contribution in [0.3, 0.4) is 0 Å². The first-order chi connectivity index (χ1) is 40.5. The summed E-state index contributed by atoms with van der Waals surface area (Å²) < 4.78 is 15.1. The topological polar surface area (TPSA) is 383 Å². The zero-order valence-electron chi connectivity index (χ0n) is 46.0. The molecule has 8 N–H and O–H groups in total. The Morgan fingerprint density at radius 2 is 0.753 bits per heavy atom. The van der Waals surface area contributed by atoms with E-state index >= 15 is 0 Å². The molecule has 0 fully saturated rings. The summed E-state index contributed by atoms with van der Waals surface area (Å²) in [4.78, 5) is 109. The van der Waals surface area contributed by atoms with Crippen LogP contribution in [0.1, 0.15) is 29.8 Å². The van der Waals surface area contributed by atoms with Crippen LogP contribution in [0.4, 0.5) is 19.2 Å².